The fraction of sp³-hybridized carbons (Fsp3) is 0.448. The molecule has 0 bridgehead atoms. The van der Waals surface area contributed by atoms with Crippen LogP contribution in [0.4, 0.5) is 8.78 Å². The summed E-state index contributed by atoms with van der Waals surface area (Å²) in [6.45, 7) is 5.56. The highest BCUT2D eigenvalue weighted by Gasteiger charge is 2.41. The summed E-state index contributed by atoms with van der Waals surface area (Å²) in [5, 5.41) is 14.9. The Bertz CT molecular complexity index is 1550. The molecule has 0 saturated heterocycles. The first-order valence-electron chi connectivity index (χ1n) is 13.4. The molecule has 214 valence electrons. The van der Waals surface area contributed by atoms with Gasteiger partial charge in [0.05, 0.1) is 29.0 Å². The number of halogens is 2. The van der Waals surface area contributed by atoms with E-state index in [1.165, 1.54) is 10.6 Å². The Morgan fingerprint density at radius 1 is 1.15 bits per heavy atom. The summed E-state index contributed by atoms with van der Waals surface area (Å²) in [5.41, 5.74) is -0.349. The molecule has 0 radical (unpaired) electrons. The number of aromatic nitrogens is 2. The summed E-state index contributed by atoms with van der Waals surface area (Å²) in [6.07, 6.45) is 0.483. The first-order valence-corrected chi connectivity index (χ1v) is 13.4. The third-order valence-electron chi connectivity index (χ3n) is 7.40. The second-order valence-corrected chi connectivity index (χ2v) is 10.2. The number of nitrogens with one attached hydrogen (secondary N) is 1. The maximum absolute atomic E-state index is 14.1. The number of esters is 1. The van der Waals surface area contributed by atoms with Crippen molar-refractivity contribution in [1.82, 2.24) is 19.8 Å². The van der Waals surface area contributed by atoms with Crippen LogP contribution in [0.25, 0.3) is 22.3 Å². The van der Waals surface area contributed by atoms with Crippen molar-refractivity contribution in [2.24, 2.45) is 0 Å². The molecule has 0 spiro atoms. The van der Waals surface area contributed by atoms with Crippen molar-refractivity contribution >= 4 is 22.8 Å². The largest absolute Gasteiger partial charge is 0.461 e. The number of carbonyl (C=O) groups is 2. The zero-order chi connectivity index (χ0) is 29.4. The average Bonchev–Trinajstić information content (AvgIpc) is 3.29. The lowest BCUT2D eigenvalue weighted by molar-refractivity contribution is -0.144. The van der Waals surface area contributed by atoms with Gasteiger partial charge >= 0.3 is 5.97 Å². The summed E-state index contributed by atoms with van der Waals surface area (Å²) in [7, 11) is 3.69. The average molecular weight is 557 g/mol. The predicted octanol–water partition coefficient (Wildman–Crippen LogP) is 2.99. The zero-order valence-corrected chi connectivity index (χ0v) is 23.4. The van der Waals surface area contributed by atoms with Crippen LogP contribution in [-0.2, 0) is 39.5 Å². The smallest absolute Gasteiger partial charge is 0.305 e. The molecule has 4 rings (SSSR count). The van der Waals surface area contributed by atoms with Crippen LogP contribution in [0.5, 0.6) is 0 Å². The Balaban J connectivity index is 1.94. The van der Waals surface area contributed by atoms with Crippen LogP contribution in [-0.4, -0.2) is 58.6 Å². The van der Waals surface area contributed by atoms with Crippen molar-refractivity contribution in [3.05, 3.63) is 62.4 Å². The number of likely N-dealkylation sites (N-methyl/N-ethyl adjacent to an activating group) is 1. The van der Waals surface area contributed by atoms with Gasteiger partial charge in [-0.3, -0.25) is 14.4 Å². The molecule has 0 aliphatic carbocycles. The van der Waals surface area contributed by atoms with E-state index in [1.807, 2.05) is 25.9 Å². The van der Waals surface area contributed by atoms with Crippen molar-refractivity contribution in [1.29, 1.82) is 0 Å². The van der Waals surface area contributed by atoms with Gasteiger partial charge in [-0.05, 0) is 44.6 Å². The first kappa shape index (κ1) is 29.3. The maximum atomic E-state index is 14.1. The molecule has 1 amide bonds. The third kappa shape index (κ3) is 5.11. The number of ether oxygens (including phenoxy) is 1. The highest BCUT2D eigenvalue weighted by Crippen LogP contribution is 2.39. The number of nitrogens with zero attached hydrogens (tertiary/aromatic N) is 3. The normalized spacial score (nSPS) is 13.7. The molecule has 2 N–H and O–H groups in total. The van der Waals surface area contributed by atoms with Gasteiger partial charge in [0.1, 0.15) is 6.61 Å². The van der Waals surface area contributed by atoms with Crippen molar-refractivity contribution < 1.29 is 28.2 Å². The molecule has 2 aromatic heterocycles. The van der Waals surface area contributed by atoms with Gasteiger partial charge in [0.2, 0.25) is 0 Å². The van der Waals surface area contributed by atoms with Gasteiger partial charge in [0.15, 0.2) is 17.2 Å². The molecule has 3 heterocycles. The number of pyridine rings is 2. The number of aliphatic hydroxyl groups is 1. The molecule has 3 aromatic rings. The van der Waals surface area contributed by atoms with Gasteiger partial charge < -0.3 is 24.6 Å². The van der Waals surface area contributed by atoms with Crippen LogP contribution in [0.1, 0.15) is 55.9 Å². The van der Waals surface area contributed by atoms with Crippen LogP contribution < -0.4 is 10.9 Å². The highest BCUT2D eigenvalue weighted by atomic mass is 19.2. The number of aryl methyl sites for hydroxylation is 1. The fourth-order valence-corrected chi connectivity index (χ4v) is 5.13. The lowest BCUT2D eigenvalue weighted by atomic mass is 9.86. The second kappa shape index (κ2) is 11.4. The molecule has 1 aliphatic rings. The van der Waals surface area contributed by atoms with E-state index >= 15 is 0 Å². The van der Waals surface area contributed by atoms with Gasteiger partial charge in [-0.2, -0.15) is 0 Å². The number of hydrogen-bond donors (Lipinski definition) is 2. The first-order chi connectivity index (χ1) is 19.0. The van der Waals surface area contributed by atoms with E-state index in [0.29, 0.717) is 35.3 Å². The van der Waals surface area contributed by atoms with E-state index in [9.17, 15) is 28.3 Å². The number of hydrogen-bond acceptors (Lipinski definition) is 7. The van der Waals surface area contributed by atoms with Crippen LogP contribution in [0.2, 0.25) is 0 Å². The van der Waals surface area contributed by atoms with E-state index < -0.39 is 41.3 Å². The fourth-order valence-electron chi connectivity index (χ4n) is 5.13. The third-order valence-corrected chi connectivity index (χ3v) is 7.40. The molecule has 0 saturated carbocycles. The van der Waals surface area contributed by atoms with Gasteiger partial charge in [-0.1, -0.05) is 20.8 Å². The van der Waals surface area contributed by atoms with Crippen LogP contribution in [0.3, 0.4) is 0 Å². The quantitative estimate of drug-likeness (QED) is 0.289. The summed E-state index contributed by atoms with van der Waals surface area (Å²) >= 11 is 0. The van der Waals surface area contributed by atoms with Gasteiger partial charge in [0, 0.05) is 42.1 Å². The summed E-state index contributed by atoms with van der Waals surface area (Å²) < 4.78 is 35.0. The molecule has 40 heavy (non-hydrogen) atoms. The molecule has 0 unspecified atom stereocenters. The van der Waals surface area contributed by atoms with Gasteiger partial charge in [0.25, 0.3) is 11.5 Å². The standard InChI is InChI=1S/C29H34F2N4O5/c1-6-16-17-11-21(30)22(31)13-23(17)33-26-18(16)14-35-24(26)12-20(19(27(35)37)15-40-25(36)7-2)29(39,8-3)28(38)32-9-10-34(4)5/h11-13,39H,6-10,14-15H2,1-5H3,(H,32,38)/t29-/m0/s1. The van der Waals surface area contributed by atoms with Gasteiger partial charge in [-0.15, -0.1) is 0 Å². The summed E-state index contributed by atoms with van der Waals surface area (Å²) in [4.78, 5) is 45.7. The van der Waals surface area contributed by atoms with E-state index in [-0.39, 0.29) is 42.6 Å². The van der Waals surface area contributed by atoms with Crippen LogP contribution in [0, 0.1) is 11.6 Å². The van der Waals surface area contributed by atoms with Crippen LogP contribution >= 0.6 is 0 Å². The van der Waals surface area contributed by atoms with Crippen molar-refractivity contribution in [2.75, 3.05) is 27.2 Å². The molecule has 0 fully saturated rings. The van der Waals surface area contributed by atoms with Gasteiger partial charge in [-0.25, -0.2) is 13.8 Å². The van der Waals surface area contributed by atoms with Crippen LogP contribution in [0.15, 0.2) is 23.0 Å². The van der Waals surface area contributed by atoms with E-state index in [2.05, 4.69) is 10.3 Å². The lowest BCUT2D eigenvalue weighted by Crippen LogP contribution is -2.47. The predicted molar refractivity (Wildman–Crippen MR) is 146 cm³/mol. The van der Waals surface area contributed by atoms with E-state index in [4.69, 9.17) is 4.74 Å². The Morgan fingerprint density at radius 3 is 2.48 bits per heavy atom. The summed E-state index contributed by atoms with van der Waals surface area (Å²) in [6, 6.07) is 3.65. The molecule has 11 heteroatoms. The molecular weight excluding hydrogens is 522 g/mol. The van der Waals surface area contributed by atoms with E-state index in [1.54, 1.807) is 13.8 Å². The number of amides is 1. The molecule has 1 aromatic carbocycles. The lowest BCUT2D eigenvalue weighted by Gasteiger charge is -2.29. The molecule has 1 aliphatic heterocycles. The van der Waals surface area contributed by atoms with Crippen molar-refractivity contribution in [2.45, 2.75) is 58.8 Å². The molecular formula is C29H34F2N4O5. The molecule has 9 nitrogen and oxygen atoms in total. The maximum Gasteiger partial charge on any atom is 0.305 e. The minimum atomic E-state index is -2.11. The Morgan fingerprint density at radius 2 is 1.85 bits per heavy atom. The Hall–Kier alpha value is -3.70. The number of fused-ring (bicyclic) bond motifs is 4. The monoisotopic (exact) mass is 556 g/mol. The van der Waals surface area contributed by atoms with Crippen molar-refractivity contribution in [3.8, 4) is 11.4 Å². The SMILES string of the molecule is CCC(=O)OCc1c([C@@](O)(CC)C(=O)NCCN(C)C)cc2n(c1=O)Cc1c-2nc2cc(F)c(F)cc2c1CC. The highest BCUT2D eigenvalue weighted by molar-refractivity contribution is 5.90. The summed E-state index contributed by atoms with van der Waals surface area (Å²) in [5.74, 6) is -3.27. The number of rotatable bonds is 10. The van der Waals surface area contributed by atoms with E-state index in [0.717, 1.165) is 17.7 Å². The minimum absolute atomic E-state index is 0.00980. The second-order valence-electron chi connectivity index (χ2n) is 10.2. The Kier molecular flexibility index (Phi) is 8.36. The molecule has 1 atom stereocenters. The topological polar surface area (TPSA) is 114 Å². The minimum Gasteiger partial charge on any atom is -0.461 e. The number of carbonyl (C=O) groups excluding carboxylic acids is 2. The zero-order valence-electron chi connectivity index (χ0n) is 23.4. The number of benzene rings is 1. The van der Waals surface area contributed by atoms with Crippen molar-refractivity contribution in [3.63, 3.8) is 0 Å². The Labute approximate surface area is 230 Å².